The van der Waals surface area contributed by atoms with Crippen LogP contribution >= 0.6 is 0 Å². The molecule has 3 atom stereocenters. The molecule has 0 unspecified atom stereocenters. The predicted molar refractivity (Wildman–Crippen MR) is 74.4 cm³/mol. The summed E-state index contributed by atoms with van der Waals surface area (Å²) in [7, 11) is 2.81. The minimum Gasteiger partial charge on any atom is -0.497 e. The zero-order valence-electron chi connectivity index (χ0n) is 12.4. The maximum atomic E-state index is 14.1. The number of carbonyl (C=O) groups is 1. The van der Waals surface area contributed by atoms with Crippen molar-refractivity contribution in [3.8, 4) is 5.75 Å². The van der Waals surface area contributed by atoms with Crippen LogP contribution in [-0.4, -0.2) is 37.4 Å². The molecule has 0 aromatic heterocycles. The molecule has 1 aliphatic heterocycles. The number of nitrogens with one attached hydrogen (secondary N) is 1. The number of hydrogen-bond donors (Lipinski definition) is 2. The highest BCUT2D eigenvalue weighted by Crippen LogP contribution is 2.40. The third-order valence-electron chi connectivity index (χ3n) is 4.02. The number of aliphatic hydroxyl groups excluding tert-OH is 1. The van der Waals surface area contributed by atoms with E-state index in [9.17, 15) is 14.3 Å². The first kappa shape index (κ1) is 15.7. The van der Waals surface area contributed by atoms with Crippen molar-refractivity contribution in [1.29, 1.82) is 0 Å². The van der Waals surface area contributed by atoms with Gasteiger partial charge in [0.1, 0.15) is 17.1 Å². The van der Waals surface area contributed by atoms with Gasteiger partial charge >= 0.3 is 5.97 Å². The average molecular weight is 297 g/mol. The zero-order valence-corrected chi connectivity index (χ0v) is 12.4. The Morgan fingerprint density at radius 2 is 2.24 bits per heavy atom. The largest absolute Gasteiger partial charge is 0.497 e. The van der Waals surface area contributed by atoms with Crippen molar-refractivity contribution in [3.63, 3.8) is 0 Å². The van der Waals surface area contributed by atoms with Gasteiger partial charge in [-0.1, -0.05) is 0 Å². The van der Waals surface area contributed by atoms with Crippen LogP contribution in [0.4, 0.5) is 4.39 Å². The second-order valence-electron chi connectivity index (χ2n) is 5.48. The molecule has 21 heavy (non-hydrogen) atoms. The lowest BCUT2D eigenvalue weighted by Gasteiger charge is -2.23. The molecule has 2 rings (SSSR count). The van der Waals surface area contributed by atoms with Gasteiger partial charge in [0.2, 0.25) is 0 Å². The Bertz CT molecular complexity index is 536. The molecule has 6 heteroatoms. The summed E-state index contributed by atoms with van der Waals surface area (Å²) in [6.45, 7) is 1.54. The standard InChI is InChI=1S/C15H20FNO4/c1-15(14(19)21-3)7-9(8-18)13(17-15)11-6-10(20-2)4-5-12(11)16/h4-6,9,13,17-18H,7-8H2,1-3H3/t9-,13+,15-/m0/s1. The Hall–Kier alpha value is -1.66. The van der Waals surface area contributed by atoms with Crippen molar-refractivity contribution in [3.05, 3.63) is 29.6 Å². The van der Waals surface area contributed by atoms with E-state index in [1.165, 1.54) is 26.4 Å². The second-order valence-corrected chi connectivity index (χ2v) is 5.48. The van der Waals surface area contributed by atoms with Gasteiger partial charge in [-0.3, -0.25) is 10.1 Å². The van der Waals surface area contributed by atoms with Gasteiger partial charge in [0.15, 0.2) is 0 Å². The van der Waals surface area contributed by atoms with Crippen LogP contribution in [0.2, 0.25) is 0 Å². The molecule has 1 saturated heterocycles. The van der Waals surface area contributed by atoms with Crippen LogP contribution in [0.25, 0.3) is 0 Å². The lowest BCUT2D eigenvalue weighted by molar-refractivity contribution is -0.147. The Kier molecular flexibility index (Phi) is 4.49. The lowest BCUT2D eigenvalue weighted by Crippen LogP contribution is -2.46. The van der Waals surface area contributed by atoms with Crippen LogP contribution in [0.5, 0.6) is 5.75 Å². The van der Waals surface area contributed by atoms with Crippen LogP contribution in [0.3, 0.4) is 0 Å². The molecular formula is C15H20FNO4. The first-order valence-corrected chi connectivity index (χ1v) is 6.75. The Morgan fingerprint density at radius 3 is 2.81 bits per heavy atom. The van der Waals surface area contributed by atoms with E-state index in [0.717, 1.165) is 0 Å². The molecule has 0 radical (unpaired) electrons. The fourth-order valence-corrected chi connectivity index (χ4v) is 2.92. The fourth-order valence-electron chi connectivity index (χ4n) is 2.92. The maximum Gasteiger partial charge on any atom is 0.325 e. The predicted octanol–water partition coefficient (Wildman–Crippen LogP) is 1.41. The van der Waals surface area contributed by atoms with Gasteiger partial charge in [0, 0.05) is 24.1 Å². The number of ether oxygens (including phenoxy) is 2. The topological polar surface area (TPSA) is 67.8 Å². The Morgan fingerprint density at radius 1 is 1.52 bits per heavy atom. The first-order chi connectivity index (χ1) is 9.95. The molecule has 0 saturated carbocycles. The number of aliphatic hydroxyl groups is 1. The number of esters is 1. The van der Waals surface area contributed by atoms with E-state index < -0.39 is 23.4 Å². The van der Waals surface area contributed by atoms with E-state index in [4.69, 9.17) is 9.47 Å². The number of methoxy groups -OCH3 is 2. The SMILES string of the molecule is COC(=O)[C@]1(C)C[C@@H](CO)[C@H](c2cc(OC)ccc2F)N1. The normalized spacial score (nSPS) is 28.4. The smallest absolute Gasteiger partial charge is 0.325 e. The monoisotopic (exact) mass is 297 g/mol. The van der Waals surface area contributed by atoms with E-state index in [2.05, 4.69) is 5.32 Å². The lowest BCUT2D eigenvalue weighted by atomic mass is 9.90. The molecule has 0 amide bonds. The Labute approximate surface area is 123 Å². The molecule has 116 valence electrons. The minimum absolute atomic E-state index is 0.152. The van der Waals surface area contributed by atoms with E-state index >= 15 is 0 Å². The summed E-state index contributed by atoms with van der Waals surface area (Å²) in [5.74, 6) is -0.583. The van der Waals surface area contributed by atoms with E-state index in [0.29, 0.717) is 17.7 Å². The zero-order chi connectivity index (χ0) is 15.6. The summed E-state index contributed by atoms with van der Waals surface area (Å²) in [6.07, 6.45) is 0.373. The molecule has 0 bridgehead atoms. The molecule has 1 aliphatic rings. The molecule has 5 nitrogen and oxygen atoms in total. The summed E-state index contributed by atoms with van der Waals surface area (Å²) in [5, 5.41) is 12.7. The van der Waals surface area contributed by atoms with E-state index in [1.54, 1.807) is 13.0 Å². The van der Waals surface area contributed by atoms with Crippen molar-refractivity contribution < 1.29 is 23.8 Å². The molecule has 2 N–H and O–H groups in total. The molecule has 1 aromatic rings. The van der Waals surface area contributed by atoms with Crippen molar-refractivity contribution in [2.45, 2.75) is 24.9 Å². The molecule has 1 heterocycles. The van der Waals surface area contributed by atoms with Gasteiger partial charge in [-0.15, -0.1) is 0 Å². The molecule has 0 aliphatic carbocycles. The van der Waals surface area contributed by atoms with Gasteiger partial charge in [0.25, 0.3) is 0 Å². The summed E-state index contributed by atoms with van der Waals surface area (Å²) >= 11 is 0. The average Bonchev–Trinajstić information content (AvgIpc) is 2.85. The highest BCUT2D eigenvalue weighted by molar-refractivity contribution is 5.81. The van der Waals surface area contributed by atoms with Gasteiger partial charge < -0.3 is 14.6 Å². The Balaban J connectivity index is 2.36. The van der Waals surface area contributed by atoms with Crippen molar-refractivity contribution >= 4 is 5.97 Å². The number of hydrogen-bond acceptors (Lipinski definition) is 5. The number of carbonyl (C=O) groups excluding carboxylic acids is 1. The summed E-state index contributed by atoms with van der Waals surface area (Å²) in [4.78, 5) is 11.9. The van der Waals surface area contributed by atoms with E-state index in [1.807, 2.05) is 0 Å². The molecular weight excluding hydrogens is 277 g/mol. The van der Waals surface area contributed by atoms with Crippen LogP contribution in [0, 0.1) is 11.7 Å². The van der Waals surface area contributed by atoms with Crippen LogP contribution in [0.1, 0.15) is 24.9 Å². The van der Waals surface area contributed by atoms with Crippen LogP contribution < -0.4 is 10.1 Å². The highest BCUT2D eigenvalue weighted by atomic mass is 19.1. The number of benzene rings is 1. The minimum atomic E-state index is -0.942. The molecule has 0 spiro atoms. The second kappa shape index (κ2) is 5.99. The summed E-state index contributed by atoms with van der Waals surface area (Å²) < 4.78 is 24.0. The summed E-state index contributed by atoms with van der Waals surface area (Å²) in [5.41, 5.74) is -0.566. The quantitative estimate of drug-likeness (QED) is 0.823. The van der Waals surface area contributed by atoms with Crippen molar-refractivity contribution in [1.82, 2.24) is 5.32 Å². The van der Waals surface area contributed by atoms with Gasteiger partial charge in [0.05, 0.1) is 14.2 Å². The van der Waals surface area contributed by atoms with Crippen molar-refractivity contribution in [2.24, 2.45) is 5.92 Å². The highest BCUT2D eigenvalue weighted by Gasteiger charge is 2.48. The van der Waals surface area contributed by atoms with Crippen LogP contribution in [0.15, 0.2) is 18.2 Å². The van der Waals surface area contributed by atoms with Gasteiger partial charge in [-0.2, -0.15) is 0 Å². The first-order valence-electron chi connectivity index (χ1n) is 6.75. The van der Waals surface area contributed by atoms with Gasteiger partial charge in [-0.25, -0.2) is 4.39 Å². The number of halogens is 1. The fraction of sp³-hybridized carbons (Fsp3) is 0.533. The molecule has 1 fully saturated rings. The maximum absolute atomic E-state index is 14.1. The van der Waals surface area contributed by atoms with Crippen LogP contribution in [-0.2, 0) is 9.53 Å². The summed E-state index contributed by atoms with van der Waals surface area (Å²) in [6, 6.07) is 3.95. The third kappa shape index (κ3) is 2.87. The van der Waals surface area contributed by atoms with Gasteiger partial charge in [-0.05, 0) is 31.5 Å². The van der Waals surface area contributed by atoms with E-state index in [-0.39, 0.29) is 12.5 Å². The molecule has 1 aromatic carbocycles. The van der Waals surface area contributed by atoms with Crippen molar-refractivity contribution in [2.75, 3.05) is 20.8 Å². The third-order valence-corrected chi connectivity index (χ3v) is 4.02. The number of rotatable bonds is 4.